The Kier molecular flexibility index (Phi) is 3.54. The Labute approximate surface area is 107 Å². The second kappa shape index (κ2) is 5.10. The highest BCUT2D eigenvalue weighted by Gasteiger charge is 1.99. The molecule has 86 valence electrons. The maximum absolute atomic E-state index is 12.9. The predicted octanol–water partition coefficient (Wildman–Crippen LogP) is 4.04. The van der Waals surface area contributed by atoms with Crippen molar-refractivity contribution in [2.24, 2.45) is 4.99 Å². The topological polar surface area (TPSA) is 32.6 Å². The number of phenols is 1. The number of hydrogen-bond donors (Lipinski definition) is 1. The van der Waals surface area contributed by atoms with Crippen LogP contribution in [0, 0.1) is 5.82 Å². The summed E-state index contributed by atoms with van der Waals surface area (Å²) in [5, 5.41) is 9.58. The molecule has 0 radical (unpaired) electrons. The Morgan fingerprint density at radius 1 is 1.18 bits per heavy atom. The van der Waals surface area contributed by atoms with Gasteiger partial charge in [-0.1, -0.05) is 22.0 Å². The van der Waals surface area contributed by atoms with Crippen LogP contribution >= 0.6 is 15.9 Å². The molecule has 0 saturated heterocycles. The Morgan fingerprint density at radius 3 is 2.76 bits per heavy atom. The first-order chi connectivity index (χ1) is 8.15. The van der Waals surface area contributed by atoms with Gasteiger partial charge in [0, 0.05) is 16.3 Å². The fourth-order valence-corrected chi connectivity index (χ4v) is 1.71. The average molecular weight is 294 g/mol. The molecule has 2 aromatic rings. The zero-order chi connectivity index (χ0) is 12.3. The highest BCUT2D eigenvalue weighted by Crippen LogP contribution is 2.21. The molecule has 0 aliphatic heterocycles. The molecule has 0 heterocycles. The maximum atomic E-state index is 12.9. The minimum atomic E-state index is -0.335. The minimum Gasteiger partial charge on any atom is -0.507 e. The summed E-state index contributed by atoms with van der Waals surface area (Å²) < 4.78 is 13.7. The zero-order valence-corrected chi connectivity index (χ0v) is 10.4. The molecular weight excluding hydrogens is 285 g/mol. The SMILES string of the molecule is Oc1ccc(Br)cc1C=Nc1cccc(F)c1. The van der Waals surface area contributed by atoms with E-state index in [-0.39, 0.29) is 11.6 Å². The van der Waals surface area contributed by atoms with Crippen molar-refractivity contribution in [3.05, 3.63) is 58.3 Å². The summed E-state index contributed by atoms with van der Waals surface area (Å²) in [7, 11) is 0. The van der Waals surface area contributed by atoms with Gasteiger partial charge in [0.2, 0.25) is 0 Å². The number of rotatable bonds is 2. The fourth-order valence-electron chi connectivity index (χ4n) is 1.33. The number of nitrogens with zero attached hydrogens (tertiary/aromatic N) is 1. The normalized spacial score (nSPS) is 10.9. The molecular formula is C13H9BrFNO. The molecule has 1 N–H and O–H groups in total. The molecule has 0 amide bonds. The van der Waals surface area contributed by atoms with Crippen LogP contribution < -0.4 is 0 Å². The van der Waals surface area contributed by atoms with Crippen molar-refractivity contribution in [1.82, 2.24) is 0 Å². The molecule has 0 fully saturated rings. The van der Waals surface area contributed by atoms with Crippen LogP contribution in [0.3, 0.4) is 0 Å². The summed E-state index contributed by atoms with van der Waals surface area (Å²) in [5.41, 5.74) is 1.08. The smallest absolute Gasteiger partial charge is 0.125 e. The van der Waals surface area contributed by atoms with Crippen molar-refractivity contribution in [1.29, 1.82) is 0 Å². The van der Waals surface area contributed by atoms with E-state index in [0.29, 0.717) is 11.3 Å². The molecule has 0 bridgehead atoms. The Bertz CT molecular complexity index is 569. The first kappa shape index (κ1) is 11.8. The van der Waals surface area contributed by atoms with Crippen LogP contribution in [0.15, 0.2) is 51.9 Å². The molecule has 2 rings (SSSR count). The first-order valence-electron chi connectivity index (χ1n) is 4.93. The van der Waals surface area contributed by atoms with Gasteiger partial charge in [0.25, 0.3) is 0 Å². The maximum Gasteiger partial charge on any atom is 0.125 e. The van der Waals surface area contributed by atoms with E-state index >= 15 is 0 Å². The number of halogens is 2. The van der Waals surface area contributed by atoms with Crippen LogP contribution in [-0.2, 0) is 0 Å². The largest absolute Gasteiger partial charge is 0.507 e. The van der Waals surface area contributed by atoms with Crippen LogP contribution in [0.1, 0.15) is 5.56 Å². The zero-order valence-electron chi connectivity index (χ0n) is 8.77. The van der Waals surface area contributed by atoms with Gasteiger partial charge in [0.1, 0.15) is 11.6 Å². The van der Waals surface area contributed by atoms with Crippen molar-refractivity contribution in [2.45, 2.75) is 0 Å². The van der Waals surface area contributed by atoms with Crippen molar-refractivity contribution in [3.8, 4) is 5.75 Å². The second-order valence-electron chi connectivity index (χ2n) is 3.44. The van der Waals surface area contributed by atoms with Gasteiger partial charge >= 0.3 is 0 Å². The number of phenolic OH excluding ortho intramolecular Hbond substituents is 1. The Hall–Kier alpha value is -1.68. The van der Waals surface area contributed by atoms with Gasteiger partial charge in [-0.05, 0) is 36.4 Å². The molecule has 0 aliphatic rings. The van der Waals surface area contributed by atoms with E-state index in [9.17, 15) is 9.50 Å². The lowest BCUT2D eigenvalue weighted by molar-refractivity contribution is 0.474. The molecule has 0 atom stereocenters. The van der Waals surface area contributed by atoms with Gasteiger partial charge in [0.15, 0.2) is 0 Å². The minimum absolute atomic E-state index is 0.133. The van der Waals surface area contributed by atoms with Crippen LogP contribution in [0.4, 0.5) is 10.1 Å². The standard InChI is InChI=1S/C13H9BrFNO/c14-10-4-5-13(17)9(6-10)8-16-12-3-1-2-11(15)7-12/h1-8,17H. The van der Waals surface area contributed by atoms with Gasteiger partial charge in [-0.25, -0.2) is 4.39 Å². The van der Waals surface area contributed by atoms with E-state index in [1.54, 1.807) is 30.3 Å². The van der Waals surface area contributed by atoms with Gasteiger partial charge in [-0.15, -0.1) is 0 Å². The molecule has 0 spiro atoms. The molecule has 0 saturated carbocycles. The van der Waals surface area contributed by atoms with Gasteiger partial charge in [-0.2, -0.15) is 0 Å². The third-order valence-corrected chi connectivity index (χ3v) is 2.64. The molecule has 2 nitrogen and oxygen atoms in total. The van der Waals surface area contributed by atoms with E-state index < -0.39 is 0 Å². The third-order valence-electron chi connectivity index (χ3n) is 2.15. The molecule has 0 aliphatic carbocycles. The molecule has 4 heteroatoms. The lowest BCUT2D eigenvalue weighted by Crippen LogP contribution is -1.82. The van der Waals surface area contributed by atoms with Crippen molar-refractivity contribution < 1.29 is 9.50 Å². The highest BCUT2D eigenvalue weighted by atomic mass is 79.9. The van der Waals surface area contributed by atoms with Crippen molar-refractivity contribution in [3.63, 3.8) is 0 Å². The fraction of sp³-hybridized carbons (Fsp3) is 0. The summed E-state index contributed by atoms with van der Waals surface area (Å²) in [6.07, 6.45) is 1.49. The summed E-state index contributed by atoms with van der Waals surface area (Å²) in [5.74, 6) is -0.202. The van der Waals surface area contributed by atoms with E-state index in [2.05, 4.69) is 20.9 Å². The number of aliphatic imine (C=N–C) groups is 1. The van der Waals surface area contributed by atoms with Crippen molar-refractivity contribution in [2.75, 3.05) is 0 Å². The molecule has 2 aromatic carbocycles. The predicted molar refractivity (Wildman–Crippen MR) is 69.5 cm³/mol. The van der Waals surface area contributed by atoms with E-state index in [0.717, 1.165) is 4.47 Å². The van der Waals surface area contributed by atoms with Gasteiger partial charge in [-0.3, -0.25) is 4.99 Å². The van der Waals surface area contributed by atoms with Crippen molar-refractivity contribution >= 4 is 27.8 Å². The van der Waals surface area contributed by atoms with E-state index in [1.807, 2.05) is 0 Å². The number of aromatic hydroxyl groups is 1. The Balaban J connectivity index is 2.29. The van der Waals surface area contributed by atoms with Gasteiger partial charge in [0.05, 0.1) is 5.69 Å². The van der Waals surface area contributed by atoms with E-state index in [4.69, 9.17) is 0 Å². The molecule has 0 aromatic heterocycles. The Morgan fingerprint density at radius 2 is 2.00 bits per heavy atom. The average Bonchev–Trinajstić information content (AvgIpc) is 2.30. The summed E-state index contributed by atoms with van der Waals surface area (Å²) in [4.78, 5) is 4.09. The lowest BCUT2D eigenvalue weighted by atomic mass is 10.2. The van der Waals surface area contributed by atoms with Crippen LogP contribution in [0.5, 0.6) is 5.75 Å². The molecule has 0 unspecified atom stereocenters. The van der Waals surface area contributed by atoms with Crippen LogP contribution in [0.25, 0.3) is 0 Å². The summed E-state index contributed by atoms with van der Waals surface area (Å²) >= 11 is 3.30. The van der Waals surface area contributed by atoms with Gasteiger partial charge < -0.3 is 5.11 Å². The highest BCUT2D eigenvalue weighted by molar-refractivity contribution is 9.10. The number of benzene rings is 2. The summed E-state index contributed by atoms with van der Waals surface area (Å²) in [6.45, 7) is 0. The number of hydrogen-bond acceptors (Lipinski definition) is 2. The first-order valence-corrected chi connectivity index (χ1v) is 5.72. The monoisotopic (exact) mass is 293 g/mol. The lowest BCUT2D eigenvalue weighted by Gasteiger charge is -1.99. The van der Waals surface area contributed by atoms with Crippen LogP contribution in [-0.4, -0.2) is 11.3 Å². The van der Waals surface area contributed by atoms with Crippen LogP contribution in [0.2, 0.25) is 0 Å². The second-order valence-corrected chi connectivity index (χ2v) is 4.36. The molecule has 17 heavy (non-hydrogen) atoms. The summed E-state index contributed by atoms with van der Waals surface area (Å²) in [6, 6.07) is 11.0. The van der Waals surface area contributed by atoms with E-state index in [1.165, 1.54) is 18.3 Å². The quantitative estimate of drug-likeness (QED) is 0.833. The third kappa shape index (κ3) is 3.14.